The smallest absolute Gasteiger partial charge is 0.328 e. The zero-order valence-electron chi connectivity index (χ0n) is 16.0. The molecule has 142 valence electrons. The zero-order chi connectivity index (χ0) is 20.0. The van der Waals surface area contributed by atoms with E-state index in [1.165, 1.54) is 14.0 Å². The number of carbonyl (C=O) groups is 3. The Morgan fingerprint density at radius 2 is 1.59 bits per heavy atom. The molecule has 2 aromatic rings. The van der Waals surface area contributed by atoms with Gasteiger partial charge in [-0.25, -0.2) is 4.79 Å². The van der Waals surface area contributed by atoms with Crippen LogP contribution in [0.25, 0.3) is 0 Å². The molecule has 6 nitrogen and oxygen atoms in total. The van der Waals surface area contributed by atoms with Crippen molar-refractivity contribution >= 4 is 23.5 Å². The van der Waals surface area contributed by atoms with Crippen molar-refractivity contribution in [2.24, 2.45) is 0 Å². The van der Waals surface area contributed by atoms with Crippen LogP contribution < -0.4 is 10.6 Å². The third kappa shape index (κ3) is 5.41. The van der Waals surface area contributed by atoms with E-state index >= 15 is 0 Å². The normalized spacial score (nSPS) is 11.4. The Bertz CT molecular complexity index is 824. The van der Waals surface area contributed by atoms with Crippen LogP contribution in [0.1, 0.15) is 34.0 Å². The first-order chi connectivity index (χ1) is 12.8. The molecule has 2 amide bonds. The van der Waals surface area contributed by atoms with Gasteiger partial charge in [0.25, 0.3) is 5.91 Å². The molecule has 2 N–H and O–H groups in total. The molecule has 0 aliphatic heterocycles. The Balaban J connectivity index is 2.17. The molecule has 0 unspecified atom stereocenters. The third-order valence-corrected chi connectivity index (χ3v) is 4.31. The molecular weight excluding hydrogens is 344 g/mol. The van der Waals surface area contributed by atoms with Crippen molar-refractivity contribution in [1.82, 2.24) is 5.32 Å². The fraction of sp³-hybridized carbons (Fsp3) is 0.286. The summed E-state index contributed by atoms with van der Waals surface area (Å²) in [4.78, 5) is 35.8. The van der Waals surface area contributed by atoms with E-state index in [9.17, 15) is 14.4 Å². The van der Waals surface area contributed by atoms with Gasteiger partial charge in [-0.1, -0.05) is 18.2 Å². The van der Waals surface area contributed by atoms with E-state index in [-0.39, 0.29) is 11.8 Å². The van der Waals surface area contributed by atoms with Crippen molar-refractivity contribution in [1.29, 1.82) is 0 Å². The second-order valence-corrected chi connectivity index (χ2v) is 6.38. The Kier molecular flexibility index (Phi) is 6.71. The van der Waals surface area contributed by atoms with E-state index in [1.54, 1.807) is 24.3 Å². The number of esters is 1. The zero-order valence-corrected chi connectivity index (χ0v) is 16.0. The van der Waals surface area contributed by atoms with Crippen LogP contribution in [0.4, 0.5) is 5.69 Å². The Labute approximate surface area is 158 Å². The highest BCUT2D eigenvalue weighted by molar-refractivity contribution is 5.97. The molecule has 0 aliphatic carbocycles. The van der Waals surface area contributed by atoms with Crippen LogP contribution in [-0.2, 0) is 20.7 Å². The summed E-state index contributed by atoms with van der Waals surface area (Å²) in [5.74, 6) is -1.07. The molecule has 2 rings (SSSR count). The summed E-state index contributed by atoms with van der Waals surface area (Å²) in [7, 11) is 1.30. The van der Waals surface area contributed by atoms with Crippen LogP contribution in [0, 0.1) is 13.8 Å². The SMILES string of the molecule is COC(=O)[C@@H](Cc1c(C)cccc1C)NC(=O)c1ccc(NC(C)=O)cc1. The minimum Gasteiger partial charge on any atom is -0.467 e. The highest BCUT2D eigenvalue weighted by atomic mass is 16.5. The van der Waals surface area contributed by atoms with Gasteiger partial charge < -0.3 is 15.4 Å². The number of nitrogens with one attached hydrogen (secondary N) is 2. The standard InChI is InChI=1S/C21H24N2O4/c1-13-6-5-7-14(2)18(13)12-19(21(26)27-4)23-20(25)16-8-10-17(11-9-16)22-15(3)24/h5-11,19H,12H2,1-4H3,(H,22,24)(H,23,25)/t19-/m1/s1. The van der Waals surface area contributed by atoms with Gasteiger partial charge in [0.15, 0.2) is 0 Å². The summed E-state index contributed by atoms with van der Waals surface area (Å²) in [6.07, 6.45) is 0.348. The molecule has 0 saturated heterocycles. The van der Waals surface area contributed by atoms with E-state index in [0.29, 0.717) is 17.7 Å². The van der Waals surface area contributed by atoms with Crippen molar-refractivity contribution in [3.63, 3.8) is 0 Å². The van der Waals surface area contributed by atoms with Crippen LogP contribution in [0.2, 0.25) is 0 Å². The lowest BCUT2D eigenvalue weighted by atomic mass is 9.96. The fourth-order valence-corrected chi connectivity index (χ4v) is 2.86. The largest absolute Gasteiger partial charge is 0.467 e. The summed E-state index contributed by atoms with van der Waals surface area (Å²) < 4.78 is 4.86. The summed E-state index contributed by atoms with van der Waals surface area (Å²) in [5, 5.41) is 5.39. The molecule has 6 heteroatoms. The first-order valence-electron chi connectivity index (χ1n) is 8.63. The minimum atomic E-state index is -0.794. The quantitative estimate of drug-likeness (QED) is 0.768. The highest BCUT2D eigenvalue weighted by Crippen LogP contribution is 2.16. The van der Waals surface area contributed by atoms with Crippen molar-refractivity contribution in [2.45, 2.75) is 33.2 Å². The number of amides is 2. The van der Waals surface area contributed by atoms with Gasteiger partial charge in [0.05, 0.1) is 7.11 Å². The molecule has 0 fully saturated rings. The molecule has 27 heavy (non-hydrogen) atoms. The van der Waals surface area contributed by atoms with Crippen molar-refractivity contribution in [3.05, 3.63) is 64.7 Å². The lowest BCUT2D eigenvalue weighted by molar-refractivity contribution is -0.142. The van der Waals surface area contributed by atoms with Gasteiger partial charge in [0.2, 0.25) is 5.91 Å². The van der Waals surface area contributed by atoms with Gasteiger partial charge in [0, 0.05) is 24.6 Å². The number of ether oxygens (including phenoxy) is 1. The first-order valence-corrected chi connectivity index (χ1v) is 8.63. The third-order valence-electron chi connectivity index (χ3n) is 4.31. The summed E-state index contributed by atoms with van der Waals surface area (Å²) >= 11 is 0. The molecule has 1 atom stereocenters. The number of methoxy groups -OCH3 is 1. The number of anilines is 1. The summed E-state index contributed by atoms with van der Waals surface area (Å²) in [6.45, 7) is 5.35. The van der Waals surface area contributed by atoms with E-state index in [4.69, 9.17) is 4.74 Å². The number of rotatable bonds is 6. The van der Waals surface area contributed by atoms with Crippen LogP contribution in [-0.4, -0.2) is 30.9 Å². The lowest BCUT2D eigenvalue weighted by Crippen LogP contribution is -2.43. The van der Waals surface area contributed by atoms with Gasteiger partial charge in [-0.05, 0) is 54.8 Å². The molecule has 0 radical (unpaired) electrons. The van der Waals surface area contributed by atoms with Gasteiger partial charge >= 0.3 is 5.97 Å². The second kappa shape index (κ2) is 8.98. The van der Waals surface area contributed by atoms with E-state index in [0.717, 1.165) is 16.7 Å². The van der Waals surface area contributed by atoms with Crippen molar-refractivity contribution in [2.75, 3.05) is 12.4 Å². The van der Waals surface area contributed by atoms with Crippen LogP contribution in [0.5, 0.6) is 0 Å². The molecule has 0 aromatic heterocycles. The van der Waals surface area contributed by atoms with Gasteiger partial charge in [-0.3, -0.25) is 9.59 Å². The van der Waals surface area contributed by atoms with Crippen LogP contribution in [0.15, 0.2) is 42.5 Å². The van der Waals surface area contributed by atoms with E-state index < -0.39 is 12.0 Å². The first kappa shape index (κ1) is 20.2. The molecule has 0 heterocycles. The molecule has 2 aromatic carbocycles. The topological polar surface area (TPSA) is 84.5 Å². The summed E-state index contributed by atoms with van der Waals surface area (Å²) in [6, 6.07) is 11.6. The minimum absolute atomic E-state index is 0.188. The maximum absolute atomic E-state index is 12.6. The van der Waals surface area contributed by atoms with Gasteiger partial charge in [0.1, 0.15) is 6.04 Å². The lowest BCUT2D eigenvalue weighted by Gasteiger charge is -2.19. The number of aryl methyl sites for hydroxylation is 2. The number of hydrogen-bond donors (Lipinski definition) is 2. The number of hydrogen-bond acceptors (Lipinski definition) is 4. The maximum atomic E-state index is 12.6. The molecule has 0 saturated carbocycles. The highest BCUT2D eigenvalue weighted by Gasteiger charge is 2.24. The second-order valence-electron chi connectivity index (χ2n) is 6.38. The average molecular weight is 368 g/mol. The molecule has 0 aliphatic rings. The van der Waals surface area contributed by atoms with Crippen LogP contribution >= 0.6 is 0 Å². The van der Waals surface area contributed by atoms with E-state index in [1.807, 2.05) is 32.0 Å². The number of carbonyl (C=O) groups excluding carboxylic acids is 3. The predicted octanol–water partition coefficient (Wildman–Crippen LogP) is 2.78. The van der Waals surface area contributed by atoms with Gasteiger partial charge in [-0.2, -0.15) is 0 Å². The number of benzene rings is 2. The predicted molar refractivity (Wildman–Crippen MR) is 104 cm³/mol. The molecular formula is C21H24N2O4. The fourth-order valence-electron chi connectivity index (χ4n) is 2.86. The van der Waals surface area contributed by atoms with Gasteiger partial charge in [-0.15, -0.1) is 0 Å². The molecule has 0 spiro atoms. The van der Waals surface area contributed by atoms with Crippen molar-refractivity contribution in [3.8, 4) is 0 Å². The Hall–Kier alpha value is -3.15. The molecule has 0 bridgehead atoms. The monoisotopic (exact) mass is 368 g/mol. The van der Waals surface area contributed by atoms with Crippen LogP contribution in [0.3, 0.4) is 0 Å². The maximum Gasteiger partial charge on any atom is 0.328 e. The Morgan fingerprint density at radius 1 is 1.00 bits per heavy atom. The van der Waals surface area contributed by atoms with E-state index in [2.05, 4.69) is 10.6 Å². The van der Waals surface area contributed by atoms with Crippen molar-refractivity contribution < 1.29 is 19.1 Å². The average Bonchev–Trinajstić information content (AvgIpc) is 2.63. The summed E-state index contributed by atoms with van der Waals surface area (Å²) in [5.41, 5.74) is 4.10. The Morgan fingerprint density at radius 3 is 2.11 bits per heavy atom.